The molecule has 16 heteroatoms. The lowest BCUT2D eigenvalue weighted by Gasteiger charge is -2.29. The van der Waals surface area contributed by atoms with E-state index in [0.29, 0.717) is 23.2 Å². The summed E-state index contributed by atoms with van der Waals surface area (Å²) >= 11 is 0. The van der Waals surface area contributed by atoms with Crippen molar-refractivity contribution in [3.63, 3.8) is 0 Å². The highest BCUT2D eigenvalue weighted by molar-refractivity contribution is 7.47. The standard InChI is InChI=1S/C40H56FN6O8P/c1-4-5-6-7-8-9-10-11-12-13-14-15-16-17-32(50-24-30-20-29(23-42)21-31(41)22-30)25-51-56(48,49)52-27-40(26-43)37-36(53-39(2,3)55-37)35(54-40)33-18-19-34-38(44)45-28-46-47(33)34/h18-22,28,32,35-37H,4-17,24-25,27H2,1-3H3,(H,48,49)(H2,44,45,46)/t32-,35?,36+,37+,40-/m1/s1. The molecule has 0 radical (unpaired) electrons. The zero-order valence-electron chi connectivity index (χ0n) is 32.7. The van der Waals surface area contributed by atoms with E-state index in [1.807, 2.05) is 6.07 Å². The SMILES string of the molecule is CCCCCCCCCCCCCCC[C@H](COP(=O)(O)OC[C@@]1(C#N)OC(c2ccc3c(N)ncnn23)[C@@H]2OC(C)(C)O[C@@H]21)OCc1cc(F)cc(C#N)c1. The van der Waals surface area contributed by atoms with Crippen LogP contribution in [0.25, 0.3) is 5.52 Å². The van der Waals surface area contributed by atoms with Crippen molar-refractivity contribution < 1.29 is 41.8 Å². The number of hydrogen-bond acceptors (Lipinski definition) is 12. The van der Waals surface area contributed by atoms with Gasteiger partial charge in [-0.3, -0.25) is 9.05 Å². The minimum Gasteiger partial charge on any atom is -0.382 e. The molecule has 56 heavy (non-hydrogen) atoms. The maximum Gasteiger partial charge on any atom is 0.472 e. The minimum absolute atomic E-state index is 0.0382. The molecule has 3 aromatic rings. The Morgan fingerprint density at radius 1 is 0.982 bits per heavy atom. The van der Waals surface area contributed by atoms with Gasteiger partial charge in [0.1, 0.15) is 48.6 Å². The van der Waals surface area contributed by atoms with Gasteiger partial charge in [0, 0.05) is 0 Å². The summed E-state index contributed by atoms with van der Waals surface area (Å²) < 4.78 is 64.6. The number of halogens is 1. The molecule has 2 aromatic heterocycles. The van der Waals surface area contributed by atoms with E-state index in [1.54, 1.807) is 26.0 Å². The van der Waals surface area contributed by atoms with Crippen molar-refractivity contribution in [3.8, 4) is 12.1 Å². The van der Waals surface area contributed by atoms with Gasteiger partial charge in [0.15, 0.2) is 11.6 Å². The van der Waals surface area contributed by atoms with Crippen LogP contribution in [0.1, 0.15) is 134 Å². The summed E-state index contributed by atoms with van der Waals surface area (Å²) in [4.78, 5) is 14.9. The van der Waals surface area contributed by atoms with E-state index < -0.39 is 56.1 Å². The summed E-state index contributed by atoms with van der Waals surface area (Å²) in [6, 6.07) is 11.4. The highest BCUT2D eigenvalue weighted by Gasteiger charge is 2.65. The topological polar surface area (TPSA) is 196 Å². The van der Waals surface area contributed by atoms with Gasteiger partial charge in [-0.1, -0.05) is 90.4 Å². The van der Waals surface area contributed by atoms with Crippen molar-refractivity contribution in [2.24, 2.45) is 0 Å². The third-order valence-corrected chi connectivity index (χ3v) is 11.2. The highest BCUT2D eigenvalue weighted by Crippen LogP contribution is 2.52. The Bertz CT molecular complexity index is 1870. The fraction of sp³-hybridized carbons (Fsp3) is 0.650. The second-order valence-corrected chi connectivity index (χ2v) is 16.7. The van der Waals surface area contributed by atoms with Crippen LogP contribution in [-0.2, 0) is 39.2 Å². The summed E-state index contributed by atoms with van der Waals surface area (Å²) in [7, 11) is -4.79. The van der Waals surface area contributed by atoms with E-state index in [9.17, 15) is 24.4 Å². The number of ether oxygens (including phenoxy) is 4. The zero-order valence-corrected chi connectivity index (χ0v) is 33.6. The first kappa shape index (κ1) is 43.6. The van der Waals surface area contributed by atoms with Crippen LogP contribution >= 0.6 is 7.82 Å². The van der Waals surface area contributed by atoms with Crippen LogP contribution in [0.15, 0.2) is 36.7 Å². The average Bonchev–Trinajstić information content (AvgIpc) is 3.83. The Hall–Kier alpha value is -3.50. The van der Waals surface area contributed by atoms with Crippen molar-refractivity contribution in [2.75, 3.05) is 18.9 Å². The molecule has 3 N–H and O–H groups in total. The average molecular weight is 799 g/mol. The fourth-order valence-electron chi connectivity index (χ4n) is 7.40. The molecule has 2 unspecified atom stereocenters. The van der Waals surface area contributed by atoms with E-state index in [-0.39, 0.29) is 24.6 Å². The first-order valence-corrected chi connectivity index (χ1v) is 21.3. The molecule has 0 amide bonds. The second kappa shape index (κ2) is 20.3. The number of rotatable bonds is 24. The number of hydrogen-bond donors (Lipinski definition) is 2. The molecule has 306 valence electrons. The number of phosphoric acid groups is 1. The highest BCUT2D eigenvalue weighted by atomic mass is 31.2. The predicted octanol–water partition coefficient (Wildman–Crippen LogP) is 8.38. The molecular weight excluding hydrogens is 742 g/mol. The number of anilines is 1. The number of aromatic nitrogens is 3. The third kappa shape index (κ3) is 11.8. The first-order valence-electron chi connectivity index (χ1n) is 19.8. The lowest BCUT2D eigenvalue weighted by molar-refractivity contribution is -0.204. The molecular formula is C40H56FN6O8P. The summed E-state index contributed by atoms with van der Waals surface area (Å²) in [6.07, 6.45) is 14.0. The smallest absolute Gasteiger partial charge is 0.382 e. The van der Waals surface area contributed by atoms with E-state index in [1.165, 1.54) is 80.8 Å². The number of nitriles is 2. The van der Waals surface area contributed by atoms with Gasteiger partial charge in [-0.15, -0.1) is 0 Å². The molecule has 0 bridgehead atoms. The van der Waals surface area contributed by atoms with Gasteiger partial charge in [0.05, 0.1) is 36.6 Å². The normalized spacial score (nSPS) is 23.1. The largest absolute Gasteiger partial charge is 0.472 e. The third-order valence-electron chi connectivity index (χ3n) is 10.3. The van der Waals surface area contributed by atoms with Crippen molar-refractivity contribution in [1.82, 2.24) is 14.6 Å². The van der Waals surface area contributed by atoms with Gasteiger partial charge in [-0.2, -0.15) is 15.6 Å². The van der Waals surface area contributed by atoms with E-state index in [0.717, 1.165) is 31.7 Å². The van der Waals surface area contributed by atoms with Gasteiger partial charge >= 0.3 is 7.82 Å². The number of nitrogens with zero attached hydrogens (tertiary/aromatic N) is 5. The minimum atomic E-state index is -4.79. The number of nitrogen functional groups attached to an aromatic ring is 1. The Morgan fingerprint density at radius 2 is 1.66 bits per heavy atom. The lowest BCUT2D eigenvalue weighted by Crippen LogP contribution is -2.45. The fourth-order valence-corrected chi connectivity index (χ4v) is 8.18. The van der Waals surface area contributed by atoms with Gasteiger partial charge in [-0.25, -0.2) is 18.5 Å². The monoisotopic (exact) mass is 798 g/mol. The molecule has 6 atom stereocenters. The molecule has 2 aliphatic heterocycles. The Balaban J connectivity index is 1.17. The van der Waals surface area contributed by atoms with Crippen LogP contribution in [0.3, 0.4) is 0 Å². The van der Waals surface area contributed by atoms with Gasteiger partial charge < -0.3 is 29.6 Å². The Kier molecular flexibility index (Phi) is 15.8. The van der Waals surface area contributed by atoms with Crippen LogP contribution in [0, 0.1) is 28.5 Å². The van der Waals surface area contributed by atoms with Crippen LogP contribution in [0.5, 0.6) is 0 Å². The summed E-state index contributed by atoms with van der Waals surface area (Å²) in [6.45, 7) is 4.60. The van der Waals surface area contributed by atoms with Gasteiger partial charge in [0.25, 0.3) is 0 Å². The number of benzene rings is 1. The number of unbranched alkanes of at least 4 members (excludes halogenated alkanes) is 12. The first-order chi connectivity index (χ1) is 26.9. The maximum atomic E-state index is 14.1. The number of phosphoric ester groups is 1. The van der Waals surface area contributed by atoms with Crippen LogP contribution in [-0.4, -0.2) is 62.4 Å². The summed E-state index contributed by atoms with van der Waals surface area (Å²) in [5.74, 6) is -1.42. The molecule has 0 aliphatic carbocycles. The molecule has 5 rings (SSSR count). The van der Waals surface area contributed by atoms with Crippen LogP contribution < -0.4 is 5.73 Å². The summed E-state index contributed by atoms with van der Waals surface area (Å²) in [5.41, 5.74) is 5.82. The summed E-state index contributed by atoms with van der Waals surface area (Å²) in [5, 5.41) is 24.0. The van der Waals surface area contributed by atoms with Crippen molar-refractivity contribution in [1.29, 1.82) is 10.5 Å². The van der Waals surface area contributed by atoms with Gasteiger partial charge in [-0.05, 0) is 56.2 Å². The molecule has 0 saturated carbocycles. The quantitative estimate of drug-likeness (QED) is 0.0648. The van der Waals surface area contributed by atoms with Crippen molar-refractivity contribution in [2.45, 2.75) is 153 Å². The molecule has 2 aliphatic rings. The number of nitrogens with two attached hydrogens (primary N) is 1. The van der Waals surface area contributed by atoms with Crippen LogP contribution in [0.4, 0.5) is 10.2 Å². The van der Waals surface area contributed by atoms with Gasteiger partial charge in [0.2, 0.25) is 5.60 Å². The molecule has 0 spiro atoms. The maximum absolute atomic E-state index is 14.1. The van der Waals surface area contributed by atoms with E-state index in [2.05, 4.69) is 23.1 Å². The zero-order chi connectivity index (χ0) is 40.2. The Labute approximate surface area is 329 Å². The molecule has 2 fully saturated rings. The predicted molar refractivity (Wildman–Crippen MR) is 205 cm³/mol. The molecule has 1 aromatic carbocycles. The van der Waals surface area contributed by atoms with Crippen LogP contribution in [0.2, 0.25) is 0 Å². The second-order valence-electron chi connectivity index (χ2n) is 15.2. The lowest BCUT2D eigenvalue weighted by atomic mass is 9.96. The van der Waals surface area contributed by atoms with Crippen molar-refractivity contribution >= 4 is 19.2 Å². The molecule has 4 heterocycles. The number of fused-ring (bicyclic) bond motifs is 2. The Morgan fingerprint density at radius 3 is 2.32 bits per heavy atom. The molecule has 2 saturated heterocycles. The van der Waals surface area contributed by atoms with E-state index in [4.69, 9.17) is 33.7 Å². The van der Waals surface area contributed by atoms with Crippen molar-refractivity contribution in [3.05, 3.63) is 59.3 Å². The molecule has 14 nitrogen and oxygen atoms in total. The van der Waals surface area contributed by atoms with E-state index >= 15 is 0 Å².